The van der Waals surface area contributed by atoms with Gasteiger partial charge in [0.05, 0.1) is 0 Å². The average molecular weight is 401 g/mol. The second-order valence-electron chi connectivity index (χ2n) is 4.36. The van der Waals surface area contributed by atoms with Gasteiger partial charge in [-0.05, 0) is 11.8 Å². The van der Waals surface area contributed by atoms with E-state index in [1.165, 1.54) is 0 Å². The van der Waals surface area contributed by atoms with Crippen LogP contribution in [0.4, 0.5) is 13.2 Å². The van der Waals surface area contributed by atoms with Crippen molar-refractivity contribution >= 4 is 34.0 Å². The molecular formula is C9H21F3O4SSn. The molecule has 0 aliphatic heterocycles. The molecule has 0 aromatic rings. The van der Waals surface area contributed by atoms with Crippen LogP contribution in [0.3, 0.4) is 0 Å². The summed E-state index contributed by atoms with van der Waals surface area (Å²) in [5, 5.41) is 0. The zero-order valence-corrected chi connectivity index (χ0v) is 15.0. The average Bonchev–Trinajstić information content (AvgIpc) is 1.76. The second kappa shape index (κ2) is 13.9. The Bertz CT molecular complexity index is 240. The van der Waals surface area contributed by atoms with Crippen molar-refractivity contribution in [2.45, 2.75) is 47.1 Å². The van der Waals surface area contributed by atoms with E-state index in [2.05, 4.69) is 41.5 Å². The van der Waals surface area contributed by atoms with Crippen LogP contribution in [0.15, 0.2) is 0 Å². The van der Waals surface area contributed by atoms with Gasteiger partial charge in [0.15, 0.2) is 10.1 Å². The molecule has 0 atom stereocenters. The third-order valence-corrected chi connectivity index (χ3v) is 0.850. The molecule has 0 spiro atoms. The first-order chi connectivity index (χ1) is 6.71. The topological polar surface area (TPSA) is 87.2 Å². The fourth-order valence-electron chi connectivity index (χ4n) is 0. The molecule has 0 rings (SSSR count). The van der Waals surface area contributed by atoms with Crippen LogP contribution in [0.2, 0.25) is 0 Å². The van der Waals surface area contributed by atoms with E-state index >= 15 is 0 Å². The van der Waals surface area contributed by atoms with Gasteiger partial charge in [-0.2, -0.15) is 13.2 Å². The summed E-state index contributed by atoms with van der Waals surface area (Å²) >= 11 is 0. The minimum Gasteiger partial charge on any atom is -0.870 e. The molecular weight excluding hydrogens is 380 g/mol. The summed E-state index contributed by atoms with van der Waals surface area (Å²) in [6, 6.07) is 0. The molecule has 0 heterocycles. The molecule has 0 aliphatic carbocycles. The molecule has 9 heteroatoms. The van der Waals surface area contributed by atoms with Gasteiger partial charge in [-0.15, -0.1) is 0 Å². The largest absolute Gasteiger partial charge is 2.00 e. The maximum atomic E-state index is 10.7. The summed E-state index contributed by atoms with van der Waals surface area (Å²) in [5.41, 5.74) is -5.65. The molecule has 1 N–H and O–H groups in total. The van der Waals surface area contributed by atoms with E-state index in [-0.39, 0.29) is 29.4 Å². The van der Waals surface area contributed by atoms with Crippen LogP contribution in [-0.4, -0.2) is 47.9 Å². The molecule has 4 nitrogen and oxygen atoms in total. The number of halogens is 3. The van der Waals surface area contributed by atoms with E-state index in [4.69, 9.17) is 13.0 Å². The molecule has 0 fully saturated rings. The van der Waals surface area contributed by atoms with Crippen LogP contribution >= 0.6 is 0 Å². The Kier molecular flexibility index (Phi) is 24.0. The van der Waals surface area contributed by atoms with Crippen molar-refractivity contribution in [2.24, 2.45) is 11.8 Å². The molecule has 0 bridgehead atoms. The van der Waals surface area contributed by atoms with E-state index in [0.29, 0.717) is 0 Å². The van der Waals surface area contributed by atoms with Gasteiger partial charge in [-0.1, -0.05) is 41.5 Å². The van der Waals surface area contributed by atoms with Gasteiger partial charge >= 0.3 is 29.4 Å². The molecule has 0 aromatic heterocycles. The van der Waals surface area contributed by atoms with Gasteiger partial charge in [0, 0.05) is 0 Å². The first-order valence-corrected chi connectivity index (χ1v) is 6.14. The summed E-state index contributed by atoms with van der Waals surface area (Å²) < 4.78 is 58.9. The maximum absolute atomic E-state index is 10.7. The second-order valence-corrected chi connectivity index (χ2v) is 5.74. The number of alkyl halides is 3. The molecule has 2 radical (unpaired) electrons. The first kappa shape index (κ1) is 31.1. The fourth-order valence-corrected chi connectivity index (χ4v) is 0. The third kappa shape index (κ3) is 44.0. The fraction of sp³-hybridized carbons (Fsp3) is 1.00. The predicted molar refractivity (Wildman–Crippen MR) is 64.5 cm³/mol. The van der Waals surface area contributed by atoms with Gasteiger partial charge < -0.3 is 10.0 Å². The number of hydrogen-bond donors (Lipinski definition) is 0. The number of hydrogen-bond acceptors (Lipinski definition) is 4. The Morgan fingerprint density at radius 3 is 0.944 bits per heavy atom. The van der Waals surface area contributed by atoms with Crippen molar-refractivity contribution in [3.05, 3.63) is 0 Å². The molecule has 0 unspecified atom stereocenters. The monoisotopic (exact) mass is 402 g/mol. The molecule has 112 valence electrons. The third-order valence-electron chi connectivity index (χ3n) is 0.283. The Morgan fingerprint density at radius 1 is 0.889 bits per heavy atom. The Morgan fingerprint density at radius 2 is 0.944 bits per heavy atom. The van der Waals surface area contributed by atoms with E-state index in [0.717, 1.165) is 11.8 Å². The standard InChI is InChI=1S/2C4H10.CHF3O3S.H2O.Sn/c2*1-4(2)3;2-1(3,4)8(5,6)7;;/h2*4H,1-3H3;(H,5,6,7);1H2;/q;;;;+2/p-2. The van der Waals surface area contributed by atoms with E-state index in [1.54, 1.807) is 0 Å². The Hall–Kier alpha value is 0.459. The first-order valence-electron chi connectivity index (χ1n) is 4.74. The van der Waals surface area contributed by atoms with Crippen molar-refractivity contribution in [3.8, 4) is 0 Å². The molecule has 0 saturated carbocycles. The quantitative estimate of drug-likeness (QED) is 0.355. The molecule has 0 aromatic carbocycles. The van der Waals surface area contributed by atoms with Gasteiger partial charge in [-0.3, -0.25) is 0 Å². The van der Waals surface area contributed by atoms with Crippen LogP contribution in [0, 0.1) is 11.8 Å². The van der Waals surface area contributed by atoms with Crippen LogP contribution in [0.1, 0.15) is 41.5 Å². The SMILES string of the molecule is CC(C)C.CC(C)C.O=S(=O)([O-])C(F)(F)F.[OH-].[Sn+2]. The Balaban J connectivity index is -0.0000000489. The van der Waals surface area contributed by atoms with Gasteiger partial charge in [0.25, 0.3) is 0 Å². The van der Waals surface area contributed by atoms with Crippen LogP contribution in [0.5, 0.6) is 0 Å². The van der Waals surface area contributed by atoms with Crippen molar-refractivity contribution in [1.29, 1.82) is 0 Å². The van der Waals surface area contributed by atoms with Crippen LogP contribution in [0.25, 0.3) is 0 Å². The maximum Gasteiger partial charge on any atom is 2.00 e. The summed E-state index contributed by atoms with van der Waals surface area (Å²) in [5.74, 6) is 1.67. The molecule has 18 heavy (non-hydrogen) atoms. The van der Waals surface area contributed by atoms with E-state index in [9.17, 15) is 13.2 Å². The van der Waals surface area contributed by atoms with Crippen LogP contribution in [-0.2, 0) is 10.1 Å². The minimum atomic E-state index is -6.09. The van der Waals surface area contributed by atoms with E-state index in [1.807, 2.05) is 0 Å². The summed E-state index contributed by atoms with van der Waals surface area (Å²) in [7, 11) is -6.09. The van der Waals surface area contributed by atoms with Gasteiger partial charge in [0.1, 0.15) is 0 Å². The predicted octanol–water partition coefficient (Wildman–Crippen LogP) is 2.82. The molecule has 0 aliphatic rings. The van der Waals surface area contributed by atoms with Crippen molar-refractivity contribution in [2.75, 3.05) is 0 Å². The zero-order chi connectivity index (χ0) is 14.2. The minimum absolute atomic E-state index is 0. The normalized spacial score (nSPS) is 10.2. The zero-order valence-electron chi connectivity index (χ0n) is 11.4. The summed E-state index contributed by atoms with van der Waals surface area (Å²) in [4.78, 5) is 0. The smallest absolute Gasteiger partial charge is 0.870 e. The summed E-state index contributed by atoms with van der Waals surface area (Å²) in [6.07, 6.45) is 0. The van der Waals surface area contributed by atoms with Gasteiger partial charge in [0.2, 0.25) is 0 Å². The summed E-state index contributed by atoms with van der Waals surface area (Å²) in [6.45, 7) is 13.0. The van der Waals surface area contributed by atoms with Crippen molar-refractivity contribution in [3.63, 3.8) is 0 Å². The van der Waals surface area contributed by atoms with Crippen molar-refractivity contribution in [1.82, 2.24) is 0 Å². The number of rotatable bonds is 0. The molecule has 0 saturated heterocycles. The Labute approximate surface area is 124 Å². The van der Waals surface area contributed by atoms with Crippen molar-refractivity contribution < 1.29 is 31.6 Å². The van der Waals surface area contributed by atoms with E-state index < -0.39 is 15.6 Å². The molecule has 0 amide bonds. The van der Waals surface area contributed by atoms with Gasteiger partial charge in [-0.25, -0.2) is 8.42 Å². The van der Waals surface area contributed by atoms with Crippen LogP contribution < -0.4 is 0 Å².